The lowest BCUT2D eigenvalue weighted by molar-refractivity contribution is -0.108. The van der Waals surface area contributed by atoms with E-state index in [1.807, 2.05) is 29.2 Å². The van der Waals surface area contributed by atoms with Crippen molar-refractivity contribution < 1.29 is 4.79 Å². The molecule has 0 N–H and O–H groups in total. The van der Waals surface area contributed by atoms with Crippen LogP contribution in [0.4, 0.5) is 5.69 Å². The molecule has 1 aromatic rings. The highest BCUT2D eigenvalue weighted by atomic mass is 16.1. The van der Waals surface area contributed by atoms with Crippen LogP contribution in [0.1, 0.15) is 45.6 Å². The molecule has 0 spiro atoms. The van der Waals surface area contributed by atoms with Gasteiger partial charge in [-0.3, -0.25) is 4.79 Å². The summed E-state index contributed by atoms with van der Waals surface area (Å²) in [5, 5.41) is 8.76. The summed E-state index contributed by atoms with van der Waals surface area (Å²) in [6.45, 7) is 6.79. The van der Waals surface area contributed by atoms with E-state index in [0.29, 0.717) is 24.2 Å². The minimum Gasteiger partial charge on any atom is -0.312 e. The van der Waals surface area contributed by atoms with Gasteiger partial charge in [0.15, 0.2) is 0 Å². The number of nitrogens with zero attached hydrogens (tertiary/aromatic N) is 2. The summed E-state index contributed by atoms with van der Waals surface area (Å²) in [7, 11) is 0. The molecule has 0 saturated heterocycles. The van der Waals surface area contributed by atoms with Crippen molar-refractivity contribution in [3.8, 4) is 6.07 Å². The maximum absolute atomic E-state index is 11.8. The molecule has 118 valence electrons. The predicted octanol–water partition coefficient (Wildman–Crippen LogP) is 4.18. The van der Waals surface area contributed by atoms with Crippen LogP contribution in [0.25, 0.3) is 0 Å². The van der Waals surface area contributed by atoms with Crippen molar-refractivity contribution in [3.63, 3.8) is 0 Å². The molecule has 0 radical (unpaired) electrons. The molecule has 2 rings (SSSR count). The number of hydrogen-bond acceptors (Lipinski definition) is 2. The zero-order valence-electron chi connectivity index (χ0n) is 13.8. The van der Waals surface area contributed by atoms with Crippen LogP contribution in [-0.2, 0) is 11.2 Å². The second-order valence-electron chi connectivity index (χ2n) is 6.91. The van der Waals surface area contributed by atoms with Gasteiger partial charge in [-0.25, -0.2) is 0 Å². The number of carbonyl (C=O) groups excluding carboxylic acids is 1. The molecule has 1 saturated carbocycles. The van der Waals surface area contributed by atoms with Crippen molar-refractivity contribution in [1.29, 1.82) is 5.26 Å². The third-order valence-electron chi connectivity index (χ3n) is 4.98. The van der Waals surface area contributed by atoms with Gasteiger partial charge in [0, 0.05) is 11.7 Å². The van der Waals surface area contributed by atoms with Crippen LogP contribution in [0.5, 0.6) is 0 Å². The Labute approximate surface area is 133 Å². The number of rotatable bonds is 5. The average molecular weight is 298 g/mol. The van der Waals surface area contributed by atoms with Crippen molar-refractivity contribution in [2.75, 3.05) is 4.90 Å². The second-order valence-corrected chi connectivity index (χ2v) is 6.91. The molecule has 0 aromatic heterocycles. The first-order valence-electron chi connectivity index (χ1n) is 8.26. The van der Waals surface area contributed by atoms with Gasteiger partial charge in [-0.1, -0.05) is 39.3 Å². The molecular formula is C19H26N2O. The fourth-order valence-electron chi connectivity index (χ4n) is 3.68. The second kappa shape index (κ2) is 7.45. The van der Waals surface area contributed by atoms with E-state index in [-0.39, 0.29) is 6.04 Å². The van der Waals surface area contributed by atoms with Gasteiger partial charge in [-0.2, -0.15) is 5.26 Å². The summed E-state index contributed by atoms with van der Waals surface area (Å²) in [6.07, 6.45) is 4.92. The number of nitriles is 1. The maximum atomic E-state index is 11.8. The van der Waals surface area contributed by atoms with Crippen LogP contribution in [0, 0.1) is 29.1 Å². The summed E-state index contributed by atoms with van der Waals surface area (Å²) in [5.41, 5.74) is 1.94. The highest BCUT2D eigenvalue weighted by Crippen LogP contribution is 2.37. The normalized spacial score (nSPS) is 24.8. The summed E-state index contributed by atoms with van der Waals surface area (Å²) in [4.78, 5) is 13.7. The number of hydrogen-bond donors (Lipinski definition) is 0. The molecule has 22 heavy (non-hydrogen) atoms. The standard InChI is InChI=1S/C19H26N2O/c1-14(2)18-9-4-15(3)12-19(18)21(13-22)17-7-5-16(6-8-17)10-11-20/h5-8,13-15,18-19H,4,9-10,12H2,1-3H3/t15-,18?,19?/m1/s1. The Bertz CT molecular complexity index is 529. The zero-order chi connectivity index (χ0) is 16.1. The minimum absolute atomic E-state index is 0.281. The van der Waals surface area contributed by atoms with Gasteiger partial charge in [0.25, 0.3) is 0 Å². The summed E-state index contributed by atoms with van der Waals surface area (Å²) >= 11 is 0. The topological polar surface area (TPSA) is 44.1 Å². The van der Waals surface area contributed by atoms with E-state index in [9.17, 15) is 4.79 Å². The smallest absolute Gasteiger partial charge is 0.214 e. The van der Waals surface area contributed by atoms with Gasteiger partial charge in [0.1, 0.15) is 0 Å². The molecule has 1 fully saturated rings. The van der Waals surface area contributed by atoms with E-state index in [0.717, 1.165) is 24.1 Å². The van der Waals surface area contributed by atoms with Gasteiger partial charge in [-0.05, 0) is 48.3 Å². The van der Waals surface area contributed by atoms with E-state index in [1.165, 1.54) is 12.8 Å². The number of anilines is 1. The molecule has 0 aliphatic heterocycles. The Morgan fingerprint density at radius 3 is 2.55 bits per heavy atom. The molecule has 0 bridgehead atoms. The first-order chi connectivity index (χ1) is 10.6. The van der Waals surface area contributed by atoms with Crippen molar-refractivity contribution in [2.45, 2.75) is 52.5 Å². The number of carbonyl (C=O) groups is 1. The van der Waals surface area contributed by atoms with Gasteiger partial charge in [0.2, 0.25) is 6.41 Å². The Hall–Kier alpha value is -1.82. The Balaban J connectivity index is 2.24. The number of benzene rings is 1. The quantitative estimate of drug-likeness (QED) is 0.766. The SMILES string of the molecule is CC(C)C1CC[C@@H](C)CC1N(C=O)c1ccc(CC#N)cc1. The Morgan fingerprint density at radius 1 is 1.32 bits per heavy atom. The lowest BCUT2D eigenvalue weighted by Crippen LogP contribution is -2.45. The third-order valence-corrected chi connectivity index (χ3v) is 4.98. The fraction of sp³-hybridized carbons (Fsp3) is 0.579. The maximum Gasteiger partial charge on any atom is 0.214 e. The molecule has 3 nitrogen and oxygen atoms in total. The van der Waals surface area contributed by atoms with Gasteiger partial charge < -0.3 is 4.90 Å². The highest BCUT2D eigenvalue weighted by Gasteiger charge is 2.34. The molecule has 2 unspecified atom stereocenters. The van der Waals surface area contributed by atoms with E-state index in [4.69, 9.17) is 5.26 Å². The van der Waals surface area contributed by atoms with Crippen LogP contribution >= 0.6 is 0 Å². The zero-order valence-corrected chi connectivity index (χ0v) is 13.8. The monoisotopic (exact) mass is 298 g/mol. The third kappa shape index (κ3) is 3.68. The van der Waals surface area contributed by atoms with E-state index in [1.54, 1.807) is 0 Å². The highest BCUT2D eigenvalue weighted by molar-refractivity contribution is 5.76. The lowest BCUT2D eigenvalue weighted by atomic mass is 9.73. The van der Waals surface area contributed by atoms with Crippen molar-refractivity contribution in [1.82, 2.24) is 0 Å². The first kappa shape index (κ1) is 16.5. The van der Waals surface area contributed by atoms with E-state index >= 15 is 0 Å². The van der Waals surface area contributed by atoms with Crippen LogP contribution in [0.15, 0.2) is 24.3 Å². The Morgan fingerprint density at radius 2 is 2.00 bits per heavy atom. The molecule has 1 aliphatic carbocycles. The average Bonchev–Trinajstić information content (AvgIpc) is 2.50. The van der Waals surface area contributed by atoms with Crippen LogP contribution in [-0.4, -0.2) is 12.5 Å². The molecule has 3 heteroatoms. The van der Waals surface area contributed by atoms with Crippen LogP contribution in [0.3, 0.4) is 0 Å². The van der Waals surface area contributed by atoms with Crippen LogP contribution < -0.4 is 4.90 Å². The van der Waals surface area contributed by atoms with Crippen molar-refractivity contribution in [2.24, 2.45) is 17.8 Å². The first-order valence-corrected chi connectivity index (χ1v) is 8.26. The molecular weight excluding hydrogens is 272 g/mol. The largest absolute Gasteiger partial charge is 0.312 e. The summed E-state index contributed by atoms with van der Waals surface area (Å²) in [6, 6.07) is 10.3. The molecule has 3 atom stereocenters. The molecule has 1 aromatic carbocycles. The van der Waals surface area contributed by atoms with E-state index < -0.39 is 0 Å². The van der Waals surface area contributed by atoms with Crippen molar-refractivity contribution >= 4 is 12.1 Å². The minimum atomic E-state index is 0.281. The summed E-state index contributed by atoms with van der Waals surface area (Å²) in [5.74, 6) is 1.80. The van der Waals surface area contributed by atoms with Gasteiger partial charge >= 0.3 is 0 Å². The van der Waals surface area contributed by atoms with Gasteiger partial charge in [0.05, 0.1) is 12.5 Å². The van der Waals surface area contributed by atoms with E-state index in [2.05, 4.69) is 26.8 Å². The Kier molecular flexibility index (Phi) is 5.60. The summed E-state index contributed by atoms with van der Waals surface area (Å²) < 4.78 is 0. The molecule has 1 aliphatic rings. The molecule has 0 heterocycles. The van der Waals surface area contributed by atoms with Gasteiger partial charge in [-0.15, -0.1) is 0 Å². The molecule has 1 amide bonds. The number of amides is 1. The van der Waals surface area contributed by atoms with Crippen LogP contribution in [0.2, 0.25) is 0 Å². The van der Waals surface area contributed by atoms with Crippen molar-refractivity contribution in [3.05, 3.63) is 29.8 Å². The lowest BCUT2D eigenvalue weighted by Gasteiger charge is -2.42. The predicted molar refractivity (Wildman–Crippen MR) is 89.4 cm³/mol. The fourth-order valence-corrected chi connectivity index (χ4v) is 3.68.